The lowest BCUT2D eigenvalue weighted by molar-refractivity contribution is -0.115. The molecule has 0 spiro atoms. The molecule has 1 aliphatic rings. The number of anilines is 1. The summed E-state index contributed by atoms with van der Waals surface area (Å²) in [5, 5.41) is 11.7. The van der Waals surface area contributed by atoms with Gasteiger partial charge in [-0.3, -0.25) is 9.59 Å². The first kappa shape index (κ1) is 16.7. The summed E-state index contributed by atoms with van der Waals surface area (Å²) >= 11 is 1.38. The number of ketones is 1. The van der Waals surface area contributed by atoms with Crippen molar-refractivity contribution in [2.24, 2.45) is 7.05 Å². The number of carbonyl (C=O) groups is 2. The Balaban J connectivity index is 1.64. The molecule has 1 fully saturated rings. The second kappa shape index (κ2) is 6.76. The Labute approximate surface area is 145 Å². The van der Waals surface area contributed by atoms with Crippen molar-refractivity contribution in [3.63, 3.8) is 0 Å². The number of aromatic nitrogens is 3. The fourth-order valence-corrected chi connectivity index (χ4v) is 3.22. The largest absolute Gasteiger partial charge is 0.325 e. The number of amides is 1. The molecule has 126 valence electrons. The van der Waals surface area contributed by atoms with E-state index in [9.17, 15) is 9.59 Å². The summed E-state index contributed by atoms with van der Waals surface area (Å²) in [6.45, 7) is 3.34. The van der Waals surface area contributed by atoms with E-state index in [1.54, 1.807) is 24.3 Å². The molecule has 1 atom stereocenters. The molecule has 1 aromatic heterocycles. The molecule has 1 amide bonds. The summed E-state index contributed by atoms with van der Waals surface area (Å²) in [6, 6.07) is 6.95. The van der Waals surface area contributed by atoms with E-state index >= 15 is 0 Å². The maximum atomic E-state index is 12.4. The van der Waals surface area contributed by atoms with E-state index in [0.717, 1.165) is 11.0 Å². The van der Waals surface area contributed by atoms with Crippen molar-refractivity contribution in [1.82, 2.24) is 14.8 Å². The fraction of sp³-hybridized carbons (Fsp3) is 0.412. The molecule has 24 heavy (non-hydrogen) atoms. The molecule has 0 bridgehead atoms. The highest BCUT2D eigenvalue weighted by Gasteiger charge is 2.30. The quantitative estimate of drug-likeness (QED) is 0.644. The van der Waals surface area contributed by atoms with Crippen LogP contribution in [0.4, 0.5) is 5.69 Å². The molecule has 1 aromatic carbocycles. The van der Waals surface area contributed by atoms with E-state index in [4.69, 9.17) is 0 Å². The topological polar surface area (TPSA) is 76.9 Å². The zero-order valence-electron chi connectivity index (χ0n) is 13.9. The Hall–Kier alpha value is -2.15. The number of nitrogens with zero attached hydrogens (tertiary/aromatic N) is 3. The first-order valence-corrected chi connectivity index (χ1v) is 8.81. The molecule has 1 saturated carbocycles. The maximum absolute atomic E-state index is 12.4. The molecule has 0 saturated heterocycles. The highest BCUT2D eigenvalue weighted by Crippen LogP contribution is 2.39. The Morgan fingerprint density at radius 3 is 2.75 bits per heavy atom. The maximum Gasteiger partial charge on any atom is 0.237 e. The van der Waals surface area contributed by atoms with Crippen LogP contribution in [0.25, 0.3) is 0 Å². The average Bonchev–Trinajstić information content (AvgIpc) is 3.33. The van der Waals surface area contributed by atoms with Gasteiger partial charge < -0.3 is 9.88 Å². The molecule has 0 aliphatic heterocycles. The first-order chi connectivity index (χ1) is 11.5. The van der Waals surface area contributed by atoms with Gasteiger partial charge in [0.15, 0.2) is 10.9 Å². The van der Waals surface area contributed by atoms with Gasteiger partial charge in [-0.2, -0.15) is 0 Å². The predicted molar refractivity (Wildman–Crippen MR) is 93.4 cm³/mol. The SMILES string of the molecule is CC(=O)c1cccc(NC(=O)C(C)Sc2nnc(C3CC3)n2C)c1. The van der Waals surface area contributed by atoms with E-state index in [1.807, 2.05) is 18.5 Å². The zero-order valence-corrected chi connectivity index (χ0v) is 14.8. The Morgan fingerprint density at radius 1 is 1.33 bits per heavy atom. The summed E-state index contributed by atoms with van der Waals surface area (Å²) < 4.78 is 1.97. The van der Waals surface area contributed by atoms with Crippen LogP contribution >= 0.6 is 11.8 Å². The molecule has 6 nitrogen and oxygen atoms in total. The van der Waals surface area contributed by atoms with Crippen molar-refractivity contribution in [3.8, 4) is 0 Å². The molecule has 1 heterocycles. The number of benzene rings is 1. The molecule has 3 rings (SSSR count). The molecule has 7 heteroatoms. The third kappa shape index (κ3) is 3.67. The average molecular weight is 344 g/mol. The van der Waals surface area contributed by atoms with E-state index in [-0.39, 0.29) is 16.9 Å². The molecule has 1 aliphatic carbocycles. The van der Waals surface area contributed by atoms with Crippen molar-refractivity contribution >= 4 is 29.1 Å². The highest BCUT2D eigenvalue weighted by molar-refractivity contribution is 8.00. The van der Waals surface area contributed by atoms with Gasteiger partial charge in [-0.15, -0.1) is 10.2 Å². The summed E-state index contributed by atoms with van der Waals surface area (Å²) in [6.07, 6.45) is 2.33. The van der Waals surface area contributed by atoms with Crippen LogP contribution in [0.2, 0.25) is 0 Å². The molecule has 0 radical (unpaired) electrons. The normalized spacial score (nSPS) is 15.1. The first-order valence-electron chi connectivity index (χ1n) is 7.93. The van der Waals surface area contributed by atoms with Crippen LogP contribution < -0.4 is 5.32 Å². The van der Waals surface area contributed by atoms with E-state index < -0.39 is 0 Å². The summed E-state index contributed by atoms with van der Waals surface area (Å²) in [5.41, 5.74) is 1.20. The predicted octanol–water partition coefficient (Wildman–Crippen LogP) is 3.01. The fourth-order valence-electron chi connectivity index (χ4n) is 2.40. The number of Topliss-reactive ketones (excluding diaryl/α,β-unsaturated/α-hetero) is 1. The van der Waals surface area contributed by atoms with Gasteiger partial charge in [0.25, 0.3) is 0 Å². The van der Waals surface area contributed by atoms with Gasteiger partial charge in [0, 0.05) is 24.2 Å². The Bertz CT molecular complexity index is 783. The van der Waals surface area contributed by atoms with Gasteiger partial charge in [-0.05, 0) is 38.8 Å². The second-order valence-electron chi connectivity index (χ2n) is 6.06. The Kier molecular flexibility index (Phi) is 4.71. The number of nitrogens with one attached hydrogen (secondary N) is 1. The lowest BCUT2D eigenvalue weighted by Crippen LogP contribution is -2.23. The molecule has 1 unspecified atom stereocenters. The van der Waals surface area contributed by atoms with Crippen LogP contribution in [-0.2, 0) is 11.8 Å². The van der Waals surface area contributed by atoms with Crippen LogP contribution in [-0.4, -0.2) is 31.7 Å². The smallest absolute Gasteiger partial charge is 0.237 e. The number of hydrogen-bond donors (Lipinski definition) is 1. The third-order valence-electron chi connectivity index (χ3n) is 4.00. The minimum absolute atomic E-state index is 0.0276. The monoisotopic (exact) mass is 344 g/mol. The third-order valence-corrected chi connectivity index (χ3v) is 5.13. The second-order valence-corrected chi connectivity index (χ2v) is 7.37. The number of thioether (sulfide) groups is 1. The van der Waals surface area contributed by atoms with Gasteiger partial charge in [0.1, 0.15) is 5.82 Å². The summed E-state index contributed by atoms with van der Waals surface area (Å²) in [7, 11) is 1.94. The van der Waals surface area contributed by atoms with Crippen LogP contribution in [0.15, 0.2) is 29.4 Å². The summed E-state index contributed by atoms with van der Waals surface area (Å²) in [5.74, 6) is 1.37. The lowest BCUT2D eigenvalue weighted by atomic mass is 10.1. The lowest BCUT2D eigenvalue weighted by Gasteiger charge is -2.12. The van der Waals surface area contributed by atoms with Crippen molar-refractivity contribution in [1.29, 1.82) is 0 Å². The highest BCUT2D eigenvalue weighted by atomic mass is 32.2. The van der Waals surface area contributed by atoms with Crippen molar-refractivity contribution < 1.29 is 9.59 Å². The van der Waals surface area contributed by atoms with Gasteiger partial charge in [0.2, 0.25) is 5.91 Å². The molecule has 2 aromatic rings. The number of rotatable bonds is 6. The standard InChI is InChI=1S/C17H20N4O2S/c1-10(22)13-5-4-6-14(9-13)18-16(23)11(2)24-17-20-19-15(21(17)3)12-7-8-12/h4-6,9,11-12H,7-8H2,1-3H3,(H,18,23). The minimum Gasteiger partial charge on any atom is -0.325 e. The molecular weight excluding hydrogens is 324 g/mol. The van der Waals surface area contributed by atoms with E-state index in [2.05, 4.69) is 15.5 Å². The van der Waals surface area contributed by atoms with E-state index in [1.165, 1.54) is 31.5 Å². The summed E-state index contributed by atoms with van der Waals surface area (Å²) in [4.78, 5) is 23.8. The number of carbonyl (C=O) groups excluding carboxylic acids is 2. The van der Waals surface area contributed by atoms with Crippen LogP contribution in [0.1, 0.15) is 48.8 Å². The van der Waals surface area contributed by atoms with Crippen molar-refractivity contribution in [2.75, 3.05) is 5.32 Å². The Morgan fingerprint density at radius 2 is 2.08 bits per heavy atom. The van der Waals surface area contributed by atoms with Gasteiger partial charge in [0.05, 0.1) is 5.25 Å². The minimum atomic E-state index is -0.319. The van der Waals surface area contributed by atoms with Gasteiger partial charge >= 0.3 is 0 Å². The van der Waals surface area contributed by atoms with Crippen molar-refractivity contribution in [2.45, 2.75) is 43.0 Å². The van der Waals surface area contributed by atoms with E-state index in [0.29, 0.717) is 17.2 Å². The van der Waals surface area contributed by atoms with Gasteiger partial charge in [-0.1, -0.05) is 23.9 Å². The molecule has 1 N–H and O–H groups in total. The molecular formula is C17H20N4O2S. The zero-order chi connectivity index (χ0) is 17.3. The van der Waals surface area contributed by atoms with Gasteiger partial charge in [-0.25, -0.2) is 0 Å². The number of hydrogen-bond acceptors (Lipinski definition) is 5. The van der Waals surface area contributed by atoms with Crippen LogP contribution in [0.3, 0.4) is 0 Å². The van der Waals surface area contributed by atoms with Crippen LogP contribution in [0.5, 0.6) is 0 Å². The van der Waals surface area contributed by atoms with Crippen molar-refractivity contribution in [3.05, 3.63) is 35.7 Å². The van der Waals surface area contributed by atoms with Crippen LogP contribution in [0, 0.1) is 0 Å².